The van der Waals surface area contributed by atoms with Gasteiger partial charge in [0.05, 0.1) is 19.1 Å². The van der Waals surface area contributed by atoms with E-state index in [1.807, 2.05) is 55.5 Å². The lowest BCUT2D eigenvalue weighted by atomic mass is 10.0. The van der Waals surface area contributed by atoms with Crippen LogP contribution in [0.4, 0.5) is 11.4 Å². The fourth-order valence-corrected chi connectivity index (χ4v) is 3.96. The number of fused-ring (bicyclic) bond motifs is 1. The van der Waals surface area contributed by atoms with E-state index < -0.39 is 0 Å². The monoisotopic (exact) mass is 449 g/mol. The van der Waals surface area contributed by atoms with Crippen molar-refractivity contribution in [3.05, 3.63) is 108 Å². The molecule has 6 nitrogen and oxygen atoms in total. The summed E-state index contributed by atoms with van der Waals surface area (Å²) in [6.07, 6.45) is 0.567. The van der Waals surface area contributed by atoms with Gasteiger partial charge in [-0.3, -0.25) is 0 Å². The molecule has 1 aromatic heterocycles. The van der Waals surface area contributed by atoms with E-state index in [4.69, 9.17) is 9.26 Å². The zero-order chi connectivity index (χ0) is 23.5. The maximum absolute atomic E-state index is 11.6. The van der Waals surface area contributed by atoms with Crippen molar-refractivity contribution in [1.29, 1.82) is 0 Å². The summed E-state index contributed by atoms with van der Waals surface area (Å²) in [5.41, 5.74) is 5.33. The SMILES string of the molecule is COC(=O)c1ccc(Nc2ccc(C)c(-c3noc(Cc4cccc5ccccc45)n3)c2)cc1. The number of esters is 1. The fourth-order valence-electron chi connectivity index (χ4n) is 3.96. The predicted molar refractivity (Wildman–Crippen MR) is 132 cm³/mol. The van der Waals surface area contributed by atoms with Crippen molar-refractivity contribution in [3.8, 4) is 11.4 Å². The average molecular weight is 450 g/mol. The van der Waals surface area contributed by atoms with Gasteiger partial charge in [-0.25, -0.2) is 4.79 Å². The van der Waals surface area contributed by atoms with E-state index in [1.165, 1.54) is 17.9 Å². The zero-order valence-corrected chi connectivity index (χ0v) is 18.9. The lowest BCUT2D eigenvalue weighted by Crippen LogP contribution is -2.01. The van der Waals surface area contributed by atoms with Gasteiger partial charge in [-0.2, -0.15) is 4.98 Å². The molecular weight excluding hydrogens is 426 g/mol. The molecule has 0 bridgehead atoms. The molecule has 0 radical (unpaired) electrons. The average Bonchev–Trinajstić information content (AvgIpc) is 3.33. The molecular formula is C28H23N3O3. The largest absolute Gasteiger partial charge is 0.465 e. The van der Waals surface area contributed by atoms with Gasteiger partial charge >= 0.3 is 5.97 Å². The molecule has 1 N–H and O–H groups in total. The van der Waals surface area contributed by atoms with Gasteiger partial charge in [0.15, 0.2) is 0 Å². The number of aryl methyl sites for hydroxylation is 1. The normalized spacial score (nSPS) is 10.9. The van der Waals surface area contributed by atoms with Gasteiger partial charge in [0.2, 0.25) is 11.7 Å². The van der Waals surface area contributed by atoms with Crippen molar-refractivity contribution >= 4 is 28.1 Å². The minimum absolute atomic E-state index is 0.361. The van der Waals surface area contributed by atoms with E-state index in [9.17, 15) is 4.79 Å². The Bertz CT molecular complexity index is 1470. The number of aromatic nitrogens is 2. The van der Waals surface area contributed by atoms with Crippen molar-refractivity contribution in [2.45, 2.75) is 13.3 Å². The Balaban J connectivity index is 1.37. The highest BCUT2D eigenvalue weighted by atomic mass is 16.5. The van der Waals surface area contributed by atoms with E-state index in [1.54, 1.807) is 12.1 Å². The molecule has 5 rings (SSSR count). The molecule has 0 amide bonds. The third kappa shape index (κ3) is 4.38. The van der Waals surface area contributed by atoms with Gasteiger partial charge < -0.3 is 14.6 Å². The number of methoxy groups -OCH3 is 1. The Morgan fingerprint density at radius 2 is 1.71 bits per heavy atom. The first-order valence-corrected chi connectivity index (χ1v) is 11.0. The van der Waals surface area contributed by atoms with Gasteiger partial charge in [-0.15, -0.1) is 0 Å². The summed E-state index contributed by atoms with van der Waals surface area (Å²) in [6.45, 7) is 2.02. The van der Waals surface area contributed by atoms with Crippen LogP contribution in [-0.2, 0) is 11.2 Å². The molecule has 0 spiro atoms. The summed E-state index contributed by atoms with van der Waals surface area (Å²) in [5, 5.41) is 9.98. The second kappa shape index (κ2) is 9.19. The van der Waals surface area contributed by atoms with Crippen LogP contribution in [0.5, 0.6) is 0 Å². The second-order valence-corrected chi connectivity index (χ2v) is 8.05. The van der Waals surface area contributed by atoms with Crippen LogP contribution >= 0.6 is 0 Å². The highest BCUT2D eigenvalue weighted by Gasteiger charge is 2.14. The molecule has 0 unspecified atom stereocenters. The van der Waals surface area contributed by atoms with E-state index >= 15 is 0 Å². The molecule has 0 saturated heterocycles. The van der Waals surface area contributed by atoms with Crippen molar-refractivity contribution in [2.75, 3.05) is 12.4 Å². The number of rotatable bonds is 6. The Morgan fingerprint density at radius 1 is 0.941 bits per heavy atom. The Kier molecular flexibility index (Phi) is 5.79. The summed E-state index contributed by atoms with van der Waals surface area (Å²) in [6, 6.07) is 27.6. The summed E-state index contributed by atoms with van der Waals surface area (Å²) in [7, 11) is 1.37. The highest BCUT2D eigenvalue weighted by molar-refractivity contribution is 5.90. The molecule has 6 heteroatoms. The van der Waals surface area contributed by atoms with Crippen molar-refractivity contribution < 1.29 is 14.1 Å². The number of carbonyl (C=O) groups is 1. The molecule has 4 aromatic carbocycles. The van der Waals surface area contributed by atoms with E-state index in [0.717, 1.165) is 28.1 Å². The number of hydrogen-bond donors (Lipinski definition) is 1. The number of anilines is 2. The number of nitrogens with one attached hydrogen (secondary N) is 1. The van der Waals surface area contributed by atoms with E-state index in [0.29, 0.717) is 23.7 Å². The topological polar surface area (TPSA) is 77.2 Å². The van der Waals surface area contributed by atoms with Crippen LogP contribution in [0.3, 0.4) is 0 Å². The highest BCUT2D eigenvalue weighted by Crippen LogP contribution is 2.28. The minimum Gasteiger partial charge on any atom is -0.465 e. The van der Waals surface area contributed by atoms with Gasteiger partial charge in [0.1, 0.15) is 0 Å². The summed E-state index contributed by atoms with van der Waals surface area (Å²) >= 11 is 0. The second-order valence-electron chi connectivity index (χ2n) is 8.05. The maximum atomic E-state index is 11.6. The fraction of sp³-hybridized carbons (Fsp3) is 0.107. The molecule has 168 valence electrons. The van der Waals surface area contributed by atoms with E-state index in [-0.39, 0.29) is 5.97 Å². The van der Waals surface area contributed by atoms with Gasteiger partial charge in [-0.1, -0.05) is 53.7 Å². The molecule has 0 fully saturated rings. The van der Waals surface area contributed by atoms with Crippen LogP contribution in [0.2, 0.25) is 0 Å². The minimum atomic E-state index is -0.361. The molecule has 0 saturated carbocycles. The van der Waals surface area contributed by atoms with Crippen LogP contribution in [0.25, 0.3) is 22.2 Å². The first kappa shape index (κ1) is 21.4. The summed E-state index contributed by atoms with van der Waals surface area (Å²) in [5.74, 6) is 0.764. The Morgan fingerprint density at radius 3 is 2.53 bits per heavy atom. The third-order valence-electron chi connectivity index (χ3n) is 5.76. The first-order valence-electron chi connectivity index (χ1n) is 11.0. The van der Waals surface area contributed by atoms with Crippen LogP contribution in [0, 0.1) is 6.92 Å². The Hall–Kier alpha value is -4.45. The predicted octanol–water partition coefficient (Wildman–Crippen LogP) is 6.32. The number of carbonyl (C=O) groups excluding carboxylic acids is 1. The zero-order valence-electron chi connectivity index (χ0n) is 18.9. The van der Waals surface area contributed by atoms with Crippen molar-refractivity contribution in [2.24, 2.45) is 0 Å². The lowest BCUT2D eigenvalue weighted by Gasteiger charge is -2.10. The molecule has 1 heterocycles. The van der Waals surface area contributed by atoms with Gasteiger partial charge in [0.25, 0.3) is 0 Å². The van der Waals surface area contributed by atoms with Crippen LogP contribution < -0.4 is 5.32 Å². The smallest absolute Gasteiger partial charge is 0.337 e. The molecule has 34 heavy (non-hydrogen) atoms. The lowest BCUT2D eigenvalue weighted by molar-refractivity contribution is 0.0601. The molecule has 0 aliphatic carbocycles. The standard InChI is InChI=1S/C28H23N3O3/c1-18-10-13-23(29-22-14-11-20(12-15-22)28(32)33-2)17-25(18)27-30-26(34-31-27)16-21-8-5-7-19-6-3-4-9-24(19)21/h3-15,17,29H,16H2,1-2H3. The molecule has 0 atom stereocenters. The first-order chi connectivity index (χ1) is 16.6. The quantitative estimate of drug-likeness (QED) is 0.306. The number of hydrogen-bond acceptors (Lipinski definition) is 6. The Labute approximate surface area is 197 Å². The number of ether oxygens (including phenoxy) is 1. The number of nitrogens with zero attached hydrogens (tertiary/aromatic N) is 2. The van der Waals surface area contributed by atoms with Crippen molar-refractivity contribution in [1.82, 2.24) is 10.1 Å². The molecule has 0 aliphatic rings. The number of benzene rings is 4. The molecule has 5 aromatic rings. The summed E-state index contributed by atoms with van der Waals surface area (Å²) in [4.78, 5) is 16.3. The summed E-state index contributed by atoms with van der Waals surface area (Å²) < 4.78 is 10.4. The van der Waals surface area contributed by atoms with Crippen LogP contribution in [0.15, 0.2) is 89.5 Å². The van der Waals surface area contributed by atoms with E-state index in [2.05, 4.69) is 39.7 Å². The third-order valence-corrected chi connectivity index (χ3v) is 5.76. The van der Waals surface area contributed by atoms with Crippen LogP contribution in [-0.4, -0.2) is 23.2 Å². The van der Waals surface area contributed by atoms with Crippen LogP contribution in [0.1, 0.15) is 27.4 Å². The van der Waals surface area contributed by atoms with Gasteiger partial charge in [0, 0.05) is 16.9 Å². The van der Waals surface area contributed by atoms with Crippen molar-refractivity contribution in [3.63, 3.8) is 0 Å². The maximum Gasteiger partial charge on any atom is 0.337 e. The van der Waals surface area contributed by atoms with Gasteiger partial charge in [-0.05, 0) is 65.2 Å². The molecule has 0 aliphatic heterocycles.